The number of rotatable bonds is 3. The first kappa shape index (κ1) is 10.4. The van der Waals surface area contributed by atoms with E-state index in [9.17, 15) is 9.18 Å². The Balaban J connectivity index is 2.29. The van der Waals surface area contributed by atoms with Gasteiger partial charge in [0.15, 0.2) is 0 Å². The van der Waals surface area contributed by atoms with Crippen LogP contribution in [0.25, 0.3) is 0 Å². The van der Waals surface area contributed by atoms with E-state index < -0.39 is 11.8 Å². The van der Waals surface area contributed by atoms with Crippen LogP contribution in [0, 0.1) is 5.82 Å². The lowest BCUT2D eigenvalue weighted by Crippen LogP contribution is -2.03. The molecular formula is C11H9FN2O2. The van der Waals surface area contributed by atoms with Gasteiger partial charge in [-0.3, -0.25) is 0 Å². The van der Waals surface area contributed by atoms with Gasteiger partial charge in [0, 0.05) is 18.9 Å². The summed E-state index contributed by atoms with van der Waals surface area (Å²) >= 11 is 0. The summed E-state index contributed by atoms with van der Waals surface area (Å²) in [5.74, 6) is -1.98. The van der Waals surface area contributed by atoms with Crippen molar-refractivity contribution >= 4 is 5.97 Å². The Bertz CT molecular complexity index is 509. The summed E-state index contributed by atoms with van der Waals surface area (Å²) in [7, 11) is 0. The fourth-order valence-corrected chi connectivity index (χ4v) is 1.43. The molecule has 0 atom stereocenters. The van der Waals surface area contributed by atoms with Crippen LogP contribution in [0.4, 0.5) is 4.39 Å². The highest BCUT2D eigenvalue weighted by atomic mass is 19.1. The number of nitrogens with zero attached hydrogens (tertiary/aromatic N) is 2. The molecule has 5 heteroatoms. The molecule has 4 nitrogen and oxygen atoms in total. The Morgan fingerprint density at radius 2 is 2.31 bits per heavy atom. The zero-order valence-electron chi connectivity index (χ0n) is 8.30. The molecule has 0 bridgehead atoms. The second-order valence-electron chi connectivity index (χ2n) is 3.35. The predicted octanol–water partition coefficient (Wildman–Crippen LogP) is 1.77. The van der Waals surface area contributed by atoms with Gasteiger partial charge in [0.05, 0.1) is 11.9 Å². The Morgan fingerprint density at radius 3 is 2.94 bits per heavy atom. The second kappa shape index (κ2) is 4.14. The predicted molar refractivity (Wildman–Crippen MR) is 54.7 cm³/mol. The van der Waals surface area contributed by atoms with Gasteiger partial charge in [0.2, 0.25) is 0 Å². The van der Waals surface area contributed by atoms with Crippen LogP contribution < -0.4 is 0 Å². The second-order valence-corrected chi connectivity index (χ2v) is 3.35. The first-order valence-electron chi connectivity index (χ1n) is 4.64. The molecule has 2 rings (SSSR count). The van der Waals surface area contributed by atoms with Crippen molar-refractivity contribution in [3.05, 3.63) is 53.9 Å². The summed E-state index contributed by atoms with van der Waals surface area (Å²) in [6.45, 7) is 0.473. The van der Waals surface area contributed by atoms with Crippen molar-refractivity contribution in [1.29, 1.82) is 0 Å². The van der Waals surface area contributed by atoms with Gasteiger partial charge >= 0.3 is 5.97 Å². The maximum absolute atomic E-state index is 13.1. The number of aromatic carboxylic acids is 1. The van der Waals surface area contributed by atoms with Gasteiger partial charge in [0.1, 0.15) is 5.82 Å². The van der Waals surface area contributed by atoms with E-state index in [2.05, 4.69) is 4.98 Å². The summed E-state index contributed by atoms with van der Waals surface area (Å²) in [5.41, 5.74) is 0.411. The monoisotopic (exact) mass is 220 g/mol. The fourth-order valence-electron chi connectivity index (χ4n) is 1.43. The summed E-state index contributed by atoms with van der Waals surface area (Å²) in [4.78, 5) is 14.6. The van der Waals surface area contributed by atoms with Gasteiger partial charge in [-0.15, -0.1) is 0 Å². The number of aromatic nitrogens is 2. The van der Waals surface area contributed by atoms with Crippen LogP contribution in [0.5, 0.6) is 0 Å². The zero-order chi connectivity index (χ0) is 11.5. The van der Waals surface area contributed by atoms with Crippen molar-refractivity contribution in [2.24, 2.45) is 0 Å². The molecule has 0 aliphatic rings. The number of benzene rings is 1. The smallest absolute Gasteiger partial charge is 0.338 e. The Kier molecular flexibility index (Phi) is 2.68. The van der Waals surface area contributed by atoms with E-state index in [1.807, 2.05) is 0 Å². The molecule has 1 heterocycles. The third kappa shape index (κ3) is 2.08. The first-order chi connectivity index (χ1) is 7.66. The summed E-state index contributed by atoms with van der Waals surface area (Å²) < 4.78 is 14.9. The molecule has 0 aliphatic carbocycles. The lowest BCUT2D eigenvalue weighted by atomic mass is 10.1. The van der Waals surface area contributed by atoms with Crippen LogP contribution >= 0.6 is 0 Å². The lowest BCUT2D eigenvalue weighted by molar-refractivity contribution is 0.0691. The van der Waals surface area contributed by atoms with E-state index in [0.29, 0.717) is 6.54 Å². The maximum Gasteiger partial charge on any atom is 0.338 e. The zero-order valence-corrected chi connectivity index (χ0v) is 8.30. The van der Waals surface area contributed by atoms with E-state index in [1.165, 1.54) is 6.07 Å². The van der Waals surface area contributed by atoms with E-state index >= 15 is 0 Å². The topological polar surface area (TPSA) is 55.1 Å². The minimum Gasteiger partial charge on any atom is -0.478 e. The Hall–Kier alpha value is -2.17. The van der Waals surface area contributed by atoms with Crippen molar-refractivity contribution < 1.29 is 14.3 Å². The van der Waals surface area contributed by atoms with Gasteiger partial charge in [-0.25, -0.2) is 14.2 Å². The van der Waals surface area contributed by atoms with Crippen molar-refractivity contribution in [2.45, 2.75) is 6.54 Å². The van der Waals surface area contributed by atoms with E-state index in [4.69, 9.17) is 5.11 Å². The van der Waals surface area contributed by atoms with E-state index in [-0.39, 0.29) is 5.56 Å². The van der Waals surface area contributed by atoms with Gasteiger partial charge in [-0.05, 0) is 17.7 Å². The van der Waals surface area contributed by atoms with E-state index in [0.717, 1.165) is 11.6 Å². The average molecular weight is 220 g/mol. The van der Waals surface area contributed by atoms with Gasteiger partial charge in [-0.2, -0.15) is 0 Å². The van der Waals surface area contributed by atoms with Crippen LogP contribution in [-0.4, -0.2) is 20.6 Å². The molecular weight excluding hydrogens is 211 g/mol. The SMILES string of the molecule is O=C(O)c1cc(Cn2ccnc2)ccc1F. The van der Waals surface area contributed by atoms with Crippen LogP contribution in [0.2, 0.25) is 0 Å². The number of carboxylic acids is 1. The minimum absolute atomic E-state index is 0.308. The summed E-state index contributed by atoms with van der Waals surface area (Å²) in [6.07, 6.45) is 5.00. The van der Waals surface area contributed by atoms with Crippen LogP contribution in [0.1, 0.15) is 15.9 Å². The number of carboxylic acid groups (broad SMARTS) is 1. The normalized spacial score (nSPS) is 10.3. The molecule has 0 spiro atoms. The number of hydrogen-bond donors (Lipinski definition) is 1. The molecule has 0 saturated heterocycles. The van der Waals surface area contributed by atoms with Crippen LogP contribution in [0.15, 0.2) is 36.9 Å². The van der Waals surface area contributed by atoms with Crippen molar-refractivity contribution in [3.8, 4) is 0 Å². The molecule has 1 aromatic carbocycles. The quantitative estimate of drug-likeness (QED) is 0.857. The summed E-state index contributed by atoms with van der Waals surface area (Å²) in [6, 6.07) is 4.05. The van der Waals surface area contributed by atoms with Crippen molar-refractivity contribution in [2.75, 3.05) is 0 Å². The molecule has 0 unspecified atom stereocenters. The first-order valence-corrected chi connectivity index (χ1v) is 4.64. The highest BCUT2D eigenvalue weighted by Crippen LogP contribution is 2.11. The minimum atomic E-state index is -1.26. The van der Waals surface area contributed by atoms with E-state index in [1.54, 1.807) is 29.4 Å². The highest BCUT2D eigenvalue weighted by molar-refractivity contribution is 5.88. The lowest BCUT2D eigenvalue weighted by Gasteiger charge is -2.04. The van der Waals surface area contributed by atoms with Gasteiger partial charge < -0.3 is 9.67 Å². The van der Waals surface area contributed by atoms with Crippen LogP contribution in [-0.2, 0) is 6.54 Å². The van der Waals surface area contributed by atoms with Crippen molar-refractivity contribution in [3.63, 3.8) is 0 Å². The molecule has 1 N–H and O–H groups in total. The molecule has 0 saturated carbocycles. The molecule has 0 radical (unpaired) electrons. The third-order valence-corrected chi connectivity index (χ3v) is 2.19. The standard InChI is InChI=1S/C11H9FN2O2/c12-10-2-1-8(5-9(10)11(15)16)6-14-4-3-13-7-14/h1-5,7H,6H2,(H,15,16). The molecule has 0 fully saturated rings. The average Bonchev–Trinajstić information content (AvgIpc) is 2.73. The number of halogens is 1. The third-order valence-electron chi connectivity index (χ3n) is 2.19. The maximum atomic E-state index is 13.1. The highest BCUT2D eigenvalue weighted by Gasteiger charge is 2.10. The molecule has 2 aromatic rings. The Labute approximate surface area is 91.0 Å². The number of hydrogen-bond acceptors (Lipinski definition) is 2. The van der Waals surface area contributed by atoms with Gasteiger partial charge in [-0.1, -0.05) is 6.07 Å². The molecule has 0 amide bonds. The molecule has 1 aromatic heterocycles. The van der Waals surface area contributed by atoms with Crippen LogP contribution in [0.3, 0.4) is 0 Å². The summed E-state index contributed by atoms with van der Waals surface area (Å²) in [5, 5.41) is 8.76. The largest absolute Gasteiger partial charge is 0.478 e. The molecule has 16 heavy (non-hydrogen) atoms. The number of carbonyl (C=O) groups is 1. The molecule has 0 aliphatic heterocycles. The molecule has 82 valence electrons. The van der Waals surface area contributed by atoms with Gasteiger partial charge in [0.25, 0.3) is 0 Å². The fraction of sp³-hybridized carbons (Fsp3) is 0.0909. The Morgan fingerprint density at radius 1 is 1.50 bits per heavy atom. The number of imidazole rings is 1. The van der Waals surface area contributed by atoms with Crippen molar-refractivity contribution in [1.82, 2.24) is 9.55 Å².